The summed E-state index contributed by atoms with van der Waals surface area (Å²) in [4.78, 5) is 40.9. The van der Waals surface area contributed by atoms with Gasteiger partial charge in [-0.2, -0.15) is 8.78 Å². The number of benzene rings is 1. The number of ether oxygens (including phenoxy) is 1. The highest BCUT2D eigenvalue weighted by Crippen LogP contribution is 2.30. The van der Waals surface area contributed by atoms with Crippen LogP contribution in [0, 0.1) is 0 Å². The molecule has 0 saturated carbocycles. The Labute approximate surface area is 168 Å². The van der Waals surface area contributed by atoms with Crippen molar-refractivity contribution in [1.29, 1.82) is 0 Å². The lowest BCUT2D eigenvalue weighted by Crippen LogP contribution is -2.49. The van der Waals surface area contributed by atoms with Gasteiger partial charge in [0, 0.05) is 12.6 Å². The standard InChI is InChI=1S/C20H25F2N3O4/c1-3-14-6-4-5-11-24(14)16(26)12-25-17(27)20(2,23-19(25)28)13-7-9-15(10-8-13)29-18(21)22/h7-10,14,18H,3-6,11-12H2,1-2H3,(H,23,28)/t14-,20+/m0/s1. The number of amides is 4. The molecule has 0 aliphatic carbocycles. The van der Waals surface area contributed by atoms with Crippen molar-refractivity contribution >= 4 is 17.8 Å². The Hall–Kier alpha value is -2.71. The Morgan fingerprint density at radius 2 is 1.97 bits per heavy atom. The zero-order chi connectivity index (χ0) is 21.2. The van der Waals surface area contributed by atoms with E-state index in [2.05, 4.69) is 10.1 Å². The van der Waals surface area contributed by atoms with Crippen molar-refractivity contribution < 1.29 is 27.9 Å². The topological polar surface area (TPSA) is 79.0 Å². The molecule has 2 fully saturated rings. The van der Waals surface area contributed by atoms with E-state index in [4.69, 9.17) is 0 Å². The maximum Gasteiger partial charge on any atom is 0.387 e. The number of hydrogen-bond acceptors (Lipinski definition) is 4. The molecule has 7 nitrogen and oxygen atoms in total. The van der Waals surface area contributed by atoms with E-state index in [0.29, 0.717) is 12.1 Å². The second-order valence-corrected chi connectivity index (χ2v) is 7.49. The molecule has 1 aromatic carbocycles. The third-order valence-electron chi connectivity index (χ3n) is 5.64. The summed E-state index contributed by atoms with van der Waals surface area (Å²) in [5, 5.41) is 2.62. The number of likely N-dealkylation sites (tertiary alicyclic amines) is 1. The van der Waals surface area contributed by atoms with Gasteiger partial charge in [-0.15, -0.1) is 0 Å². The summed E-state index contributed by atoms with van der Waals surface area (Å²) >= 11 is 0. The Morgan fingerprint density at radius 1 is 1.28 bits per heavy atom. The molecule has 2 aliphatic rings. The first-order valence-corrected chi connectivity index (χ1v) is 9.75. The van der Waals surface area contributed by atoms with Gasteiger partial charge in [0.05, 0.1) is 0 Å². The van der Waals surface area contributed by atoms with Crippen LogP contribution in [0.4, 0.5) is 13.6 Å². The number of carbonyl (C=O) groups is 3. The zero-order valence-corrected chi connectivity index (χ0v) is 16.5. The third kappa shape index (κ3) is 4.18. The summed E-state index contributed by atoms with van der Waals surface area (Å²) in [5.41, 5.74) is -0.968. The van der Waals surface area contributed by atoms with Crippen molar-refractivity contribution in [2.75, 3.05) is 13.1 Å². The number of urea groups is 1. The van der Waals surface area contributed by atoms with Crippen LogP contribution in [0.1, 0.15) is 45.1 Å². The molecule has 2 saturated heterocycles. The lowest BCUT2D eigenvalue weighted by atomic mass is 9.92. The van der Waals surface area contributed by atoms with Crippen LogP contribution in [-0.2, 0) is 15.1 Å². The summed E-state index contributed by atoms with van der Waals surface area (Å²) in [6.45, 7) is 0.902. The Kier molecular flexibility index (Phi) is 6.04. The lowest BCUT2D eigenvalue weighted by molar-refractivity contribution is -0.141. The first kappa shape index (κ1) is 21.0. The van der Waals surface area contributed by atoms with Gasteiger partial charge in [-0.1, -0.05) is 19.1 Å². The normalized spacial score (nSPS) is 24.8. The van der Waals surface area contributed by atoms with Gasteiger partial charge in [-0.25, -0.2) is 4.79 Å². The van der Waals surface area contributed by atoms with Crippen LogP contribution in [0.2, 0.25) is 0 Å². The molecule has 4 amide bonds. The molecular formula is C20H25F2N3O4. The monoisotopic (exact) mass is 409 g/mol. The van der Waals surface area contributed by atoms with Crippen LogP contribution in [0.25, 0.3) is 0 Å². The number of alkyl halides is 2. The molecule has 2 atom stereocenters. The van der Waals surface area contributed by atoms with Gasteiger partial charge in [0.15, 0.2) is 0 Å². The SMILES string of the molecule is CC[C@H]1CCCCN1C(=O)CN1C(=O)N[C@](C)(c2ccc(OC(F)F)cc2)C1=O. The Bertz CT molecular complexity index is 786. The molecule has 2 heterocycles. The maximum absolute atomic E-state index is 13.0. The van der Waals surface area contributed by atoms with Crippen molar-refractivity contribution in [2.45, 2.75) is 57.7 Å². The Morgan fingerprint density at radius 3 is 2.59 bits per heavy atom. The summed E-state index contributed by atoms with van der Waals surface area (Å²) < 4.78 is 28.9. The summed E-state index contributed by atoms with van der Waals surface area (Å²) in [5.74, 6) is -0.847. The van der Waals surface area contributed by atoms with E-state index < -0.39 is 24.1 Å². The number of halogens is 2. The second kappa shape index (κ2) is 8.34. The van der Waals surface area contributed by atoms with Crippen LogP contribution in [0.3, 0.4) is 0 Å². The van der Waals surface area contributed by atoms with Crippen LogP contribution in [-0.4, -0.2) is 53.4 Å². The van der Waals surface area contributed by atoms with Gasteiger partial charge < -0.3 is 15.0 Å². The van der Waals surface area contributed by atoms with E-state index in [-0.39, 0.29) is 24.2 Å². The average Bonchev–Trinajstić information content (AvgIpc) is 2.91. The zero-order valence-electron chi connectivity index (χ0n) is 16.5. The molecule has 3 rings (SSSR count). The fourth-order valence-electron chi connectivity index (χ4n) is 3.99. The van der Waals surface area contributed by atoms with Gasteiger partial charge >= 0.3 is 12.6 Å². The minimum atomic E-state index is -2.95. The highest BCUT2D eigenvalue weighted by molar-refractivity contribution is 6.09. The van der Waals surface area contributed by atoms with Gasteiger partial charge in [-0.05, 0) is 50.3 Å². The fourth-order valence-corrected chi connectivity index (χ4v) is 3.99. The molecule has 1 N–H and O–H groups in total. The highest BCUT2D eigenvalue weighted by atomic mass is 19.3. The summed E-state index contributed by atoms with van der Waals surface area (Å²) in [7, 11) is 0. The van der Waals surface area contributed by atoms with Crippen LogP contribution in [0.15, 0.2) is 24.3 Å². The van der Waals surface area contributed by atoms with E-state index in [1.807, 2.05) is 6.92 Å². The van der Waals surface area contributed by atoms with Gasteiger partial charge in [0.1, 0.15) is 17.8 Å². The minimum absolute atomic E-state index is 0.0492. The van der Waals surface area contributed by atoms with Gasteiger partial charge in [0.2, 0.25) is 5.91 Å². The smallest absolute Gasteiger partial charge is 0.387 e. The molecule has 2 aliphatic heterocycles. The number of rotatable bonds is 6. The molecule has 1 aromatic rings. The molecule has 0 spiro atoms. The molecule has 9 heteroatoms. The maximum atomic E-state index is 13.0. The average molecular weight is 409 g/mol. The molecular weight excluding hydrogens is 384 g/mol. The number of piperidine rings is 1. The predicted molar refractivity (Wildman–Crippen MR) is 100 cm³/mol. The van der Waals surface area contributed by atoms with Crippen LogP contribution in [0.5, 0.6) is 5.75 Å². The van der Waals surface area contributed by atoms with Crippen LogP contribution < -0.4 is 10.1 Å². The first-order valence-electron chi connectivity index (χ1n) is 9.75. The molecule has 29 heavy (non-hydrogen) atoms. The van der Waals surface area contributed by atoms with E-state index in [1.54, 1.807) is 4.90 Å². The molecule has 0 aromatic heterocycles. The fraction of sp³-hybridized carbons (Fsp3) is 0.550. The van der Waals surface area contributed by atoms with Crippen molar-refractivity contribution in [3.8, 4) is 5.75 Å². The molecule has 0 unspecified atom stereocenters. The van der Waals surface area contributed by atoms with E-state index in [9.17, 15) is 23.2 Å². The number of hydrogen-bond donors (Lipinski definition) is 1. The Balaban J connectivity index is 1.74. The van der Waals surface area contributed by atoms with Crippen LogP contribution >= 0.6 is 0 Å². The van der Waals surface area contributed by atoms with Crippen molar-refractivity contribution in [2.24, 2.45) is 0 Å². The quantitative estimate of drug-likeness (QED) is 0.733. The summed E-state index contributed by atoms with van der Waals surface area (Å²) in [6, 6.07) is 4.98. The van der Waals surface area contributed by atoms with Crippen molar-refractivity contribution in [3.05, 3.63) is 29.8 Å². The minimum Gasteiger partial charge on any atom is -0.435 e. The van der Waals surface area contributed by atoms with Crippen molar-refractivity contribution in [3.63, 3.8) is 0 Å². The number of nitrogens with zero attached hydrogens (tertiary/aromatic N) is 2. The van der Waals surface area contributed by atoms with E-state index in [1.165, 1.54) is 31.2 Å². The number of nitrogens with one attached hydrogen (secondary N) is 1. The highest BCUT2D eigenvalue weighted by Gasteiger charge is 2.50. The van der Waals surface area contributed by atoms with E-state index in [0.717, 1.165) is 30.6 Å². The molecule has 0 bridgehead atoms. The third-order valence-corrected chi connectivity index (χ3v) is 5.64. The largest absolute Gasteiger partial charge is 0.435 e. The molecule has 158 valence electrons. The van der Waals surface area contributed by atoms with Crippen molar-refractivity contribution in [1.82, 2.24) is 15.1 Å². The predicted octanol–water partition coefficient (Wildman–Crippen LogP) is 2.85. The van der Waals surface area contributed by atoms with Gasteiger partial charge in [-0.3, -0.25) is 14.5 Å². The number of carbonyl (C=O) groups excluding carboxylic acids is 3. The lowest BCUT2D eigenvalue weighted by Gasteiger charge is -2.36. The number of imide groups is 1. The summed E-state index contributed by atoms with van der Waals surface area (Å²) in [6.07, 6.45) is 3.73. The second-order valence-electron chi connectivity index (χ2n) is 7.49. The molecule has 0 radical (unpaired) electrons. The van der Waals surface area contributed by atoms with Gasteiger partial charge in [0.25, 0.3) is 5.91 Å². The van der Waals surface area contributed by atoms with E-state index >= 15 is 0 Å². The first-order chi connectivity index (χ1) is 13.8.